The molecule has 2 aromatic rings. The Balaban J connectivity index is 1.95. The normalized spacial score (nSPS) is 17.3. The number of benzene rings is 2. The van der Waals surface area contributed by atoms with E-state index in [1.54, 1.807) is 57.6 Å². The molecule has 1 aliphatic rings. The molecule has 3 rings (SSSR count). The maximum absolute atomic E-state index is 13.3. The molecule has 1 aliphatic heterocycles. The van der Waals surface area contributed by atoms with Gasteiger partial charge < -0.3 is 29.2 Å². The van der Waals surface area contributed by atoms with Crippen molar-refractivity contribution in [2.45, 2.75) is 25.7 Å². The maximum atomic E-state index is 13.3. The van der Waals surface area contributed by atoms with Gasteiger partial charge in [0.25, 0.3) is 5.91 Å². The lowest BCUT2D eigenvalue weighted by Gasteiger charge is -2.21. The molecular formula is C26H34N2O6. The number of hydrogen-bond donors (Lipinski definition) is 1. The molecule has 0 saturated carbocycles. The Kier molecular flexibility index (Phi) is 8.62. The van der Waals surface area contributed by atoms with Crippen molar-refractivity contribution in [3.63, 3.8) is 0 Å². The highest BCUT2D eigenvalue weighted by Gasteiger charge is 2.41. The number of methoxy groups -OCH3 is 4. The standard InChI is InChI=1S/C26H34N2O6/c1-6-7-11-27-25(29)21-16-28(26(30)17-9-8-10-19(12-17)31-2)15-20(21)18-13-22(32-3)24(34-5)23(14-18)33-4/h8-10,12-14,20-21H,6-7,11,15-16H2,1-5H3,(H,27,29)/t20-,21+/m1/s1. The number of amides is 2. The lowest BCUT2D eigenvalue weighted by atomic mass is 9.88. The first-order valence-corrected chi connectivity index (χ1v) is 11.5. The molecule has 0 aromatic heterocycles. The van der Waals surface area contributed by atoms with E-state index in [4.69, 9.17) is 18.9 Å². The van der Waals surface area contributed by atoms with Crippen molar-refractivity contribution in [1.82, 2.24) is 10.2 Å². The molecule has 184 valence electrons. The summed E-state index contributed by atoms with van der Waals surface area (Å²) in [6.45, 7) is 3.39. The molecule has 2 atom stereocenters. The average molecular weight is 471 g/mol. The second kappa shape index (κ2) is 11.6. The van der Waals surface area contributed by atoms with Gasteiger partial charge in [-0.1, -0.05) is 19.4 Å². The highest BCUT2D eigenvalue weighted by Crippen LogP contribution is 2.43. The summed E-state index contributed by atoms with van der Waals surface area (Å²) in [5, 5.41) is 3.04. The fourth-order valence-electron chi connectivity index (χ4n) is 4.35. The van der Waals surface area contributed by atoms with Crippen LogP contribution in [-0.4, -0.2) is 64.8 Å². The molecule has 0 spiro atoms. The molecule has 0 radical (unpaired) electrons. The van der Waals surface area contributed by atoms with Crippen LogP contribution in [0.5, 0.6) is 23.0 Å². The Bertz CT molecular complexity index is 984. The minimum Gasteiger partial charge on any atom is -0.497 e. The molecule has 34 heavy (non-hydrogen) atoms. The van der Waals surface area contributed by atoms with Crippen LogP contribution in [0.1, 0.15) is 41.6 Å². The van der Waals surface area contributed by atoms with Crippen LogP contribution in [0.15, 0.2) is 36.4 Å². The quantitative estimate of drug-likeness (QED) is 0.535. The smallest absolute Gasteiger partial charge is 0.254 e. The van der Waals surface area contributed by atoms with Crippen molar-refractivity contribution in [1.29, 1.82) is 0 Å². The average Bonchev–Trinajstić information content (AvgIpc) is 3.33. The fourth-order valence-corrected chi connectivity index (χ4v) is 4.35. The van der Waals surface area contributed by atoms with Gasteiger partial charge in [0.15, 0.2) is 11.5 Å². The molecule has 1 saturated heterocycles. The number of likely N-dealkylation sites (tertiary alicyclic amines) is 1. The molecule has 2 amide bonds. The van der Waals surface area contributed by atoms with E-state index in [0.717, 1.165) is 18.4 Å². The fraction of sp³-hybridized carbons (Fsp3) is 0.462. The third kappa shape index (κ3) is 5.38. The summed E-state index contributed by atoms with van der Waals surface area (Å²) in [6.07, 6.45) is 1.89. The third-order valence-electron chi connectivity index (χ3n) is 6.21. The van der Waals surface area contributed by atoms with Crippen LogP contribution in [-0.2, 0) is 4.79 Å². The summed E-state index contributed by atoms with van der Waals surface area (Å²) in [6, 6.07) is 10.8. The first kappa shape index (κ1) is 25.2. The van der Waals surface area contributed by atoms with Gasteiger partial charge in [-0.3, -0.25) is 9.59 Å². The van der Waals surface area contributed by atoms with E-state index in [1.165, 1.54) is 0 Å². The first-order valence-electron chi connectivity index (χ1n) is 11.5. The van der Waals surface area contributed by atoms with Crippen molar-refractivity contribution in [3.8, 4) is 23.0 Å². The number of rotatable bonds is 10. The van der Waals surface area contributed by atoms with Crippen LogP contribution < -0.4 is 24.3 Å². The zero-order valence-corrected chi connectivity index (χ0v) is 20.6. The summed E-state index contributed by atoms with van der Waals surface area (Å²) >= 11 is 0. The van der Waals surface area contributed by atoms with Crippen LogP contribution in [0.2, 0.25) is 0 Å². The Hall–Kier alpha value is -3.42. The largest absolute Gasteiger partial charge is 0.497 e. The van der Waals surface area contributed by atoms with Crippen LogP contribution >= 0.6 is 0 Å². The van der Waals surface area contributed by atoms with Gasteiger partial charge in [-0.25, -0.2) is 0 Å². The van der Waals surface area contributed by atoms with Gasteiger partial charge in [0, 0.05) is 31.1 Å². The van der Waals surface area contributed by atoms with Crippen LogP contribution in [0.4, 0.5) is 0 Å². The summed E-state index contributed by atoms with van der Waals surface area (Å²) in [5.41, 5.74) is 1.38. The van der Waals surface area contributed by atoms with Crippen molar-refractivity contribution in [3.05, 3.63) is 47.5 Å². The van der Waals surface area contributed by atoms with Gasteiger partial charge in [0.2, 0.25) is 11.7 Å². The predicted octanol–water partition coefficient (Wildman–Crippen LogP) is 3.49. The molecule has 0 bridgehead atoms. The number of carbonyl (C=O) groups excluding carboxylic acids is 2. The molecule has 1 fully saturated rings. The second-order valence-corrected chi connectivity index (χ2v) is 8.26. The monoisotopic (exact) mass is 470 g/mol. The minimum atomic E-state index is -0.408. The SMILES string of the molecule is CCCCNC(=O)[C@H]1CN(C(=O)c2cccc(OC)c2)C[C@@H]1c1cc(OC)c(OC)c(OC)c1. The third-order valence-corrected chi connectivity index (χ3v) is 6.21. The Morgan fingerprint density at radius 2 is 1.68 bits per heavy atom. The van der Waals surface area contributed by atoms with E-state index in [0.29, 0.717) is 48.2 Å². The van der Waals surface area contributed by atoms with Crippen molar-refractivity contribution in [2.24, 2.45) is 5.92 Å². The zero-order valence-electron chi connectivity index (χ0n) is 20.6. The van der Waals surface area contributed by atoms with E-state index in [2.05, 4.69) is 12.2 Å². The number of hydrogen-bond acceptors (Lipinski definition) is 6. The van der Waals surface area contributed by atoms with Gasteiger partial charge in [-0.2, -0.15) is 0 Å². The zero-order chi connectivity index (χ0) is 24.7. The number of ether oxygens (including phenoxy) is 4. The topological polar surface area (TPSA) is 86.3 Å². The molecule has 8 nitrogen and oxygen atoms in total. The first-order chi connectivity index (χ1) is 16.5. The summed E-state index contributed by atoms with van der Waals surface area (Å²) in [5.74, 6) is 1.28. The van der Waals surface area contributed by atoms with E-state index < -0.39 is 5.92 Å². The number of carbonyl (C=O) groups is 2. The van der Waals surface area contributed by atoms with Gasteiger partial charge in [-0.15, -0.1) is 0 Å². The summed E-state index contributed by atoms with van der Waals surface area (Å²) < 4.78 is 21.8. The Morgan fingerprint density at radius 3 is 2.26 bits per heavy atom. The lowest BCUT2D eigenvalue weighted by molar-refractivity contribution is -0.124. The molecule has 8 heteroatoms. The lowest BCUT2D eigenvalue weighted by Crippen LogP contribution is -2.36. The number of unbranched alkanes of at least 4 members (excludes halogenated alkanes) is 1. The predicted molar refractivity (Wildman–Crippen MR) is 129 cm³/mol. The van der Waals surface area contributed by atoms with Crippen molar-refractivity contribution >= 4 is 11.8 Å². The van der Waals surface area contributed by atoms with Gasteiger partial charge in [0.05, 0.1) is 34.4 Å². The van der Waals surface area contributed by atoms with Gasteiger partial charge >= 0.3 is 0 Å². The molecule has 1 heterocycles. The Morgan fingerprint density at radius 1 is 0.971 bits per heavy atom. The van der Waals surface area contributed by atoms with Crippen molar-refractivity contribution < 1.29 is 28.5 Å². The highest BCUT2D eigenvalue weighted by molar-refractivity contribution is 5.95. The maximum Gasteiger partial charge on any atom is 0.254 e. The van der Waals surface area contributed by atoms with Crippen LogP contribution in [0.25, 0.3) is 0 Å². The molecule has 1 N–H and O–H groups in total. The van der Waals surface area contributed by atoms with Gasteiger partial charge in [0.1, 0.15) is 5.75 Å². The Labute approximate surface area is 201 Å². The van der Waals surface area contributed by atoms with E-state index >= 15 is 0 Å². The number of nitrogens with one attached hydrogen (secondary N) is 1. The van der Waals surface area contributed by atoms with E-state index in [9.17, 15) is 9.59 Å². The van der Waals surface area contributed by atoms with Crippen molar-refractivity contribution in [2.75, 3.05) is 48.1 Å². The van der Waals surface area contributed by atoms with Crippen LogP contribution in [0.3, 0.4) is 0 Å². The van der Waals surface area contributed by atoms with E-state index in [-0.39, 0.29) is 17.7 Å². The van der Waals surface area contributed by atoms with Crippen LogP contribution in [0, 0.1) is 5.92 Å². The molecule has 2 aromatic carbocycles. The summed E-state index contributed by atoms with van der Waals surface area (Å²) in [7, 11) is 6.23. The molecular weight excluding hydrogens is 436 g/mol. The second-order valence-electron chi connectivity index (χ2n) is 8.26. The number of nitrogens with zero attached hydrogens (tertiary/aromatic N) is 1. The highest BCUT2D eigenvalue weighted by atomic mass is 16.5. The van der Waals surface area contributed by atoms with E-state index in [1.807, 2.05) is 12.1 Å². The molecule has 0 unspecified atom stereocenters. The molecule has 0 aliphatic carbocycles. The summed E-state index contributed by atoms with van der Waals surface area (Å²) in [4.78, 5) is 28.3. The minimum absolute atomic E-state index is 0.0619. The van der Waals surface area contributed by atoms with Gasteiger partial charge in [-0.05, 0) is 42.3 Å².